The summed E-state index contributed by atoms with van der Waals surface area (Å²) in [5.41, 5.74) is 0. The van der Waals surface area contributed by atoms with E-state index in [9.17, 15) is 4.79 Å². The molecule has 0 fully saturated rings. The molecule has 18 heavy (non-hydrogen) atoms. The Labute approximate surface area is 111 Å². The van der Waals surface area contributed by atoms with Gasteiger partial charge in [-0.05, 0) is 13.3 Å². The number of esters is 1. The second kappa shape index (κ2) is 14.5. The summed E-state index contributed by atoms with van der Waals surface area (Å²) in [6.07, 6.45) is 6.59. The van der Waals surface area contributed by atoms with Crippen LogP contribution in [0, 0.1) is 0 Å². The number of ether oxygens (including phenoxy) is 3. The molecule has 0 radical (unpaired) electrons. The Kier molecular flexibility index (Phi) is 14.0. The van der Waals surface area contributed by atoms with Crippen molar-refractivity contribution in [1.82, 2.24) is 0 Å². The molecular weight excluding hydrogens is 232 g/mol. The zero-order chi connectivity index (χ0) is 13.5. The predicted molar refractivity (Wildman–Crippen MR) is 71.6 cm³/mol. The average Bonchev–Trinajstić information content (AvgIpc) is 2.36. The zero-order valence-electron chi connectivity index (χ0n) is 11.9. The maximum absolute atomic E-state index is 11.0. The molecule has 0 atom stereocenters. The molecule has 0 unspecified atom stereocenters. The molecule has 108 valence electrons. The highest BCUT2D eigenvalue weighted by Gasteiger charge is 2.00. The van der Waals surface area contributed by atoms with Gasteiger partial charge in [-0.1, -0.05) is 32.6 Å². The fourth-order valence-electron chi connectivity index (χ4n) is 1.52. The molecular formula is C14H28O4. The molecule has 0 amide bonds. The third kappa shape index (κ3) is 13.5. The van der Waals surface area contributed by atoms with E-state index in [-0.39, 0.29) is 5.97 Å². The van der Waals surface area contributed by atoms with E-state index in [0.29, 0.717) is 32.8 Å². The van der Waals surface area contributed by atoms with Crippen LogP contribution in [0.5, 0.6) is 0 Å². The van der Waals surface area contributed by atoms with Crippen LogP contribution in [0.15, 0.2) is 0 Å². The van der Waals surface area contributed by atoms with Gasteiger partial charge in [-0.3, -0.25) is 4.79 Å². The van der Waals surface area contributed by atoms with Crippen molar-refractivity contribution < 1.29 is 19.0 Å². The monoisotopic (exact) mass is 260 g/mol. The van der Waals surface area contributed by atoms with E-state index in [1.165, 1.54) is 25.7 Å². The van der Waals surface area contributed by atoms with Crippen molar-refractivity contribution in [3.63, 3.8) is 0 Å². The Morgan fingerprint density at radius 2 is 1.50 bits per heavy atom. The van der Waals surface area contributed by atoms with Crippen LogP contribution in [0.2, 0.25) is 0 Å². The Bertz CT molecular complexity index is 183. The Morgan fingerprint density at radius 1 is 0.833 bits per heavy atom. The molecule has 0 aromatic rings. The van der Waals surface area contributed by atoms with Gasteiger partial charge in [0.1, 0.15) is 0 Å². The summed E-state index contributed by atoms with van der Waals surface area (Å²) in [4.78, 5) is 11.0. The van der Waals surface area contributed by atoms with E-state index in [2.05, 4.69) is 6.92 Å². The minimum absolute atomic E-state index is 0.200. The van der Waals surface area contributed by atoms with Crippen molar-refractivity contribution in [2.24, 2.45) is 0 Å². The molecule has 0 aliphatic heterocycles. The van der Waals surface area contributed by atoms with Gasteiger partial charge in [-0.15, -0.1) is 0 Å². The van der Waals surface area contributed by atoms with E-state index >= 15 is 0 Å². The lowest BCUT2D eigenvalue weighted by Gasteiger charge is -2.05. The predicted octanol–water partition coefficient (Wildman–Crippen LogP) is 2.94. The molecule has 0 saturated carbocycles. The topological polar surface area (TPSA) is 44.8 Å². The fourth-order valence-corrected chi connectivity index (χ4v) is 1.52. The largest absolute Gasteiger partial charge is 0.466 e. The molecule has 0 rings (SSSR count). The van der Waals surface area contributed by atoms with Gasteiger partial charge < -0.3 is 14.2 Å². The number of hydrogen-bond acceptors (Lipinski definition) is 4. The van der Waals surface area contributed by atoms with Crippen LogP contribution in [0.25, 0.3) is 0 Å². The summed E-state index contributed by atoms with van der Waals surface area (Å²) in [5.74, 6) is -0.200. The minimum atomic E-state index is -0.200. The summed E-state index contributed by atoms with van der Waals surface area (Å²) in [7, 11) is 0. The highest BCUT2D eigenvalue weighted by atomic mass is 16.5. The third-order valence-corrected chi connectivity index (χ3v) is 2.52. The van der Waals surface area contributed by atoms with E-state index in [4.69, 9.17) is 14.2 Å². The van der Waals surface area contributed by atoms with Crippen LogP contribution in [-0.2, 0) is 19.0 Å². The first-order valence-electron chi connectivity index (χ1n) is 7.12. The summed E-state index contributed by atoms with van der Waals surface area (Å²) in [5, 5.41) is 0. The smallest absolute Gasteiger partial charge is 0.308 e. The summed E-state index contributed by atoms with van der Waals surface area (Å²) in [6, 6.07) is 0. The Hall–Kier alpha value is -0.610. The molecule has 0 bridgehead atoms. The molecule has 0 heterocycles. The molecule has 0 N–H and O–H groups in total. The Balaban J connectivity index is 3.01. The molecule has 0 aromatic heterocycles. The lowest BCUT2D eigenvalue weighted by molar-refractivity contribution is -0.144. The third-order valence-electron chi connectivity index (χ3n) is 2.52. The van der Waals surface area contributed by atoms with Crippen LogP contribution >= 0.6 is 0 Å². The number of carbonyl (C=O) groups excluding carboxylic acids is 1. The second-order valence-corrected chi connectivity index (χ2v) is 4.19. The molecule has 4 heteroatoms. The lowest BCUT2D eigenvalue weighted by atomic mass is 10.2. The minimum Gasteiger partial charge on any atom is -0.466 e. The molecule has 0 aliphatic carbocycles. The van der Waals surface area contributed by atoms with Gasteiger partial charge in [0.2, 0.25) is 0 Å². The SMILES string of the molecule is CCCCCCCOCCOCCC(=O)OCC. The standard InChI is InChI=1S/C14H28O4/c1-3-5-6-7-8-10-16-12-13-17-11-9-14(15)18-4-2/h3-13H2,1-2H3. The van der Waals surface area contributed by atoms with Gasteiger partial charge in [0.15, 0.2) is 0 Å². The van der Waals surface area contributed by atoms with Crippen molar-refractivity contribution >= 4 is 5.97 Å². The summed E-state index contributed by atoms with van der Waals surface area (Å²) in [6.45, 7) is 6.83. The van der Waals surface area contributed by atoms with E-state index in [0.717, 1.165) is 13.0 Å². The number of carbonyl (C=O) groups is 1. The van der Waals surface area contributed by atoms with Crippen molar-refractivity contribution in [2.45, 2.75) is 52.4 Å². The molecule has 4 nitrogen and oxygen atoms in total. The van der Waals surface area contributed by atoms with E-state index < -0.39 is 0 Å². The van der Waals surface area contributed by atoms with Gasteiger partial charge in [-0.2, -0.15) is 0 Å². The van der Waals surface area contributed by atoms with Crippen LogP contribution < -0.4 is 0 Å². The average molecular weight is 260 g/mol. The van der Waals surface area contributed by atoms with Crippen molar-refractivity contribution in [2.75, 3.05) is 33.0 Å². The number of rotatable bonds is 13. The maximum Gasteiger partial charge on any atom is 0.308 e. The highest BCUT2D eigenvalue weighted by Crippen LogP contribution is 2.02. The summed E-state index contributed by atoms with van der Waals surface area (Å²) >= 11 is 0. The maximum atomic E-state index is 11.0. The van der Waals surface area contributed by atoms with Gasteiger partial charge in [0.05, 0.1) is 32.8 Å². The molecule has 0 aromatic carbocycles. The number of hydrogen-bond donors (Lipinski definition) is 0. The van der Waals surface area contributed by atoms with E-state index in [1.54, 1.807) is 6.92 Å². The van der Waals surface area contributed by atoms with Gasteiger partial charge in [0.25, 0.3) is 0 Å². The summed E-state index contributed by atoms with van der Waals surface area (Å²) < 4.78 is 15.5. The van der Waals surface area contributed by atoms with Gasteiger partial charge >= 0.3 is 5.97 Å². The first-order valence-corrected chi connectivity index (χ1v) is 7.12. The van der Waals surface area contributed by atoms with Crippen LogP contribution in [0.4, 0.5) is 0 Å². The zero-order valence-corrected chi connectivity index (χ0v) is 11.9. The van der Waals surface area contributed by atoms with Gasteiger partial charge in [-0.25, -0.2) is 0 Å². The fraction of sp³-hybridized carbons (Fsp3) is 0.929. The molecule has 0 saturated heterocycles. The van der Waals surface area contributed by atoms with Crippen molar-refractivity contribution in [3.05, 3.63) is 0 Å². The van der Waals surface area contributed by atoms with E-state index in [1.807, 2.05) is 0 Å². The highest BCUT2D eigenvalue weighted by molar-refractivity contribution is 5.69. The first kappa shape index (κ1) is 17.4. The lowest BCUT2D eigenvalue weighted by Crippen LogP contribution is -2.11. The van der Waals surface area contributed by atoms with Crippen molar-refractivity contribution in [1.29, 1.82) is 0 Å². The number of unbranched alkanes of at least 4 members (excludes halogenated alkanes) is 4. The van der Waals surface area contributed by atoms with Crippen LogP contribution in [0.3, 0.4) is 0 Å². The Morgan fingerprint density at radius 3 is 2.17 bits per heavy atom. The molecule has 0 aliphatic rings. The van der Waals surface area contributed by atoms with Crippen molar-refractivity contribution in [3.8, 4) is 0 Å². The van der Waals surface area contributed by atoms with Gasteiger partial charge in [0, 0.05) is 6.61 Å². The van der Waals surface area contributed by atoms with Crippen LogP contribution in [0.1, 0.15) is 52.4 Å². The molecule has 0 spiro atoms. The normalized spacial score (nSPS) is 10.6. The van der Waals surface area contributed by atoms with Crippen LogP contribution in [-0.4, -0.2) is 39.0 Å². The second-order valence-electron chi connectivity index (χ2n) is 4.19. The first-order chi connectivity index (χ1) is 8.81. The quantitative estimate of drug-likeness (QED) is 0.377.